The van der Waals surface area contributed by atoms with Gasteiger partial charge < -0.3 is 56.1 Å². The van der Waals surface area contributed by atoms with Crippen LogP contribution in [0.15, 0.2) is 18.2 Å². The minimum Gasteiger partial charge on any atom is -2.00 e. The summed E-state index contributed by atoms with van der Waals surface area (Å²) in [6.45, 7) is 26.5. The summed E-state index contributed by atoms with van der Waals surface area (Å²) < 4.78 is 7.47. The summed E-state index contributed by atoms with van der Waals surface area (Å²) >= 11 is 3.70. The minimum absolute atomic E-state index is 0. The molecule has 0 fully saturated rings. The van der Waals surface area contributed by atoms with Crippen molar-refractivity contribution in [3.63, 3.8) is 0 Å². The molecule has 0 amide bonds. The first-order chi connectivity index (χ1) is 16.0. The van der Waals surface area contributed by atoms with Gasteiger partial charge in [-0.2, -0.15) is 5.16 Å². The molecule has 3 aromatic rings. The molecule has 3 heterocycles. The van der Waals surface area contributed by atoms with Crippen LogP contribution in [0.25, 0.3) is 5.41 Å². The Morgan fingerprint density at radius 3 is 1.03 bits per heavy atom. The molecule has 0 unspecified atom stereocenters. The quantitative estimate of drug-likeness (QED) is 0.155. The summed E-state index contributed by atoms with van der Waals surface area (Å²) in [5, 5.41) is 22.6. The van der Waals surface area contributed by atoms with Crippen LogP contribution in [-0.2, 0) is 70.6 Å². The maximum absolute atomic E-state index is 7.13. The number of aromatic nitrogens is 6. The van der Waals surface area contributed by atoms with E-state index in [2.05, 4.69) is 92.7 Å². The van der Waals surface area contributed by atoms with E-state index < -0.39 is 7.12 Å². The molecule has 0 aromatic carbocycles. The molecule has 0 saturated carbocycles. The molecule has 0 spiro atoms. The van der Waals surface area contributed by atoms with Crippen molar-refractivity contribution in [3.8, 4) is 0 Å². The first-order valence-corrected chi connectivity index (χ1v) is 12.6. The molecule has 0 aliphatic heterocycles. The van der Waals surface area contributed by atoms with Crippen LogP contribution in [-0.4, -0.2) is 72.0 Å². The molecule has 9 nitrogen and oxygen atoms in total. The van der Waals surface area contributed by atoms with Gasteiger partial charge in [0, 0.05) is 21.1 Å². The molecular weight excluding hydrogens is 771 g/mol. The summed E-state index contributed by atoms with van der Waals surface area (Å²) in [4.78, 5) is 0. The van der Waals surface area contributed by atoms with Crippen LogP contribution in [0.4, 0.5) is 0 Å². The Morgan fingerprint density at radius 1 is 0.718 bits per heavy atom. The van der Waals surface area contributed by atoms with Crippen molar-refractivity contribution >= 4 is 51.5 Å². The van der Waals surface area contributed by atoms with Crippen LogP contribution in [0.1, 0.15) is 61.9 Å². The largest absolute Gasteiger partial charge is 2.00 e. The number of hydrogen-bond acceptors (Lipinski definition) is 4. The van der Waals surface area contributed by atoms with Crippen molar-refractivity contribution in [3.05, 3.63) is 57.8 Å². The molecule has 0 bridgehead atoms. The predicted octanol–water partition coefficient (Wildman–Crippen LogP) is 4.20. The molecule has 1 radical (unpaired) electrons. The molecule has 15 heteroatoms. The molecule has 0 aliphatic rings. The van der Waals surface area contributed by atoms with E-state index in [1.165, 1.54) is 35.8 Å². The summed E-state index contributed by atoms with van der Waals surface area (Å²) in [5.41, 5.74) is 6.40. The standard InChI is InChI=1S/C15H22BN6.C8H20N.CNS.Cu.O.2S.W/c1-10-7-13(4)20(17-10)16(21-14(5)8-11(2)18-21)22-15(6)9-12(3)19-22;1-5-9(6-2,7-3)8-4;2-1-3;;;;;/h7-9,16H,1-6H3;5-8H2,1-4H3;;;;;;/q-1;+1;-1;+2;3*-2;. The van der Waals surface area contributed by atoms with Gasteiger partial charge in [0.05, 0.1) is 43.3 Å². The molecule has 0 atom stereocenters. The molecule has 3 rings (SSSR count). The van der Waals surface area contributed by atoms with Crippen LogP contribution in [0.2, 0.25) is 0 Å². The summed E-state index contributed by atoms with van der Waals surface area (Å²) in [5.74, 6) is 0. The van der Waals surface area contributed by atoms with E-state index in [0.29, 0.717) is 0 Å². The van der Waals surface area contributed by atoms with Crippen molar-refractivity contribution < 1.29 is 48.1 Å². The number of isothiocyanates is 1. The van der Waals surface area contributed by atoms with E-state index >= 15 is 0 Å². The van der Waals surface area contributed by atoms with Gasteiger partial charge in [-0.15, -0.1) is 0 Å². The fraction of sp³-hybridized carbons (Fsp3) is 0.583. The van der Waals surface area contributed by atoms with Gasteiger partial charge in [0.25, 0.3) is 0 Å². The van der Waals surface area contributed by atoms with Gasteiger partial charge in [0.15, 0.2) is 0 Å². The molecule has 0 saturated heterocycles. The van der Waals surface area contributed by atoms with E-state index in [4.69, 9.17) is 20.7 Å². The first-order valence-electron chi connectivity index (χ1n) is 12.1. The van der Waals surface area contributed by atoms with E-state index in [9.17, 15) is 0 Å². The maximum atomic E-state index is 7.13. The minimum atomic E-state index is -1.26. The molecule has 3 aromatic heterocycles. The second-order valence-electron chi connectivity index (χ2n) is 8.90. The third kappa shape index (κ3) is 13.2. The van der Waals surface area contributed by atoms with Crippen molar-refractivity contribution in [2.45, 2.75) is 69.2 Å². The Morgan fingerprint density at radius 2 is 0.923 bits per heavy atom. The molecule has 39 heavy (non-hydrogen) atoms. The van der Waals surface area contributed by atoms with Gasteiger partial charge in [-0.25, -0.2) is 15.3 Å². The Kier molecular flexibility index (Phi) is 28.3. The number of aryl methyl sites for hydroxylation is 6. The zero-order valence-corrected chi connectivity index (χ0v) is 31.0. The fourth-order valence-electron chi connectivity index (χ4n) is 4.61. The topological polar surface area (TPSA) is 104 Å². The van der Waals surface area contributed by atoms with Crippen molar-refractivity contribution in [2.75, 3.05) is 26.2 Å². The Labute approximate surface area is 280 Å². The summed E-state index contributed by atoms with van der Waals surface area (Å²) in [7, 11) is -1.26. The molecule has 227 valence electrons. The summed E-state index contributed by atoms with van der Waals surface area (Å²) in [6, 6.07) is 6.28. The zero-order chi connectivity index (χ0) is 26.1. The average Bonchev–Trinajstić information content (AvgIpc) is 3.42. The number of rotatable bonds is 7. The van der Waals surface area contributed by atoms with Crippen LogP contribution >= 0.6 is 12.2 Å². The van der Waals surface area contributed by atoms with E-state index in [0.717, 1.165) is 34.2 Å². The Hall–Kier alpha value is -0.677. The molecule has 0 aliphatic carbocycles. The monoisotopic (exact) mass is 812 g/mol. The number of thiocarbonyl (C=S) groups is 1. The molecular formula is C24H42BCuN8OS3W-5. The van der Waals surface area contributed by atoms with Crippen LogP contribution < -0.4 is 0 Å². The normalized spacial score (nSPS) is 9.51. The van der Waals surface area contributed by atoms with Gasteiger partial charge in [-0.1, -0.05) is 12.2 Å². The van der Waals surface area contributed by atoms with E-state index in [-0.39, 0.29) is 70.6 Å². The average molecular weight is 813 g/mol. The van der Waals surface area contributed by atoms with Gasteiger partial charge in [0.2, 0.25) is 0 Å². The van der Waals surface area contributed by atoms with Crippen LogP contribution in [0.3, 0.4) is 0 Å². The number of quaternary nitrogens is 1. The second kappa shape index (κ2) is 22.9. The first kappa shape index (κ1) is 48.1. The Balaban J connectivity index is -0.000000197. The number of nitrogens with zero attached hydrogens (tertiary/aromatic N) is 8. The van der Waals surface area contributed by atoms with Crippen molar-refractivity contribution in [1.29, 1.82) is 0 Å². The zero-order valence-electron chi connectivity index (χ0n) is 24.7. The van der Waals surface area contributed by atoms with Crippen molar-refractivity contribution in [1.82, 2.24) is 29.1 Å². The smallest absolute Gasteiger partial charge is 2.00 e. The second-order valence-corrected chi connectivity index (χ2v) is 9.08. The van der Waals surface area contributed by atoms with Gasteiger partial charge in [-0.05, 0) is 105 Å². The third-order valence-corrected chi connectivity index (χ3v) is 6.80. The predicted molar refractivity (Wildman–Crippen MR) is 162 cm³/mol. The van der Waals surface area contributed by atoms with E-state index in [1.807, 2.05) is 20.8 Å². The number of hydrogen-bond donors (Lipinski definition) is 0. The van der Waals surface area contributed by atoms with E-state index in [1.54, 1.807) is 0 Å². The van der Waals surface area contributed by atoms with Gasteiger partial charge in [0.1, 0.15) is 0 Å². The van der Waals surface area contributed by atoms with Gasteiger partial charge >= 0.3 is 24.2 Å². The van der Waals surface area contributed by atoms with Crippen LogP contribution in [0, 0.1) is 41.5 Å². The third-order valence-electron chi connectivity index (χ3n) is 6.80. The Bertz CT molecular complexity index is 972. The van der Waals surface area contributed by atoms with Gasteiger partial charge in [-0.3, -0.25) is 0 Å². The fourth-order valence-corrected chi connectivity index (χ4v) is 4.61. The summed E-state index contributed by atoms with van der Waals surface area (Å²) in [6.07, 6.45) is 0. The van der Waals surface area contributed by atoms with Crippen molar-refractivity contribution in [2.24, 2.45) is 0 Å². The maximum Gasteiger partial charge on any atom is 2.00 e. The SMILES string of the molecule is CC[N+](CC)(CC)CC.Cc1cc(C)n([BH-](n2nc(C)cc2C)n2nc(C)cc2C)n1.[Cu+2].[N-]=C=S.[O-2].[S-2].[S-2].[W]. The van der Waals surface area contributed by atoms with Crippen LogP contribution in [0.5, 0.6) is 0 Å². The molecule has 0 N–H and O–H groups in total.